The molecule has 0 saturated heterocycles. The van der Waals surface area contributed by atoms with Crippen molar-refractivity contribution in [3.63, 3.8) is 0 Å². The maximum absolute atomic E-state index is 6.14. The van der Waals surface area contributed by atoms with Crippen molar-refractivity contribution < 1.29 is 0 Å². The quantitative estimate of drug-likeness (QED) is 0.843. The number of hydrogen-bond donors (Lipinski definition) is 1. The van der Waals surface area contributed by atoms with E-state index in [1.165, 1.54) is 5.56 Å². The zero-order chi connectivity index (χ0) is 15.2. The van der Waals surface area contributed by atoms with E-state index in [4.69, 9.17) is 11.6 Å². The lowest BCUT2D eigenvalue weighted by molar-refractivity contribution is 0.502. The Labute approximate surface area is 132 Å². The van der Waals surface area contributed by atoms with E-state index in [-0.39, 0.29) is 0 Å². The zero-order valence-corrected chi connectivity index (χ0v) is 13.8. The first kappa shape index (κ1) is 16.1. The number of halogens is 1. The van der Waals surface area contributed by atoms with Crippen molar-refractivity contribution in [3.05, 3.63) is 53.1 Å². The molecule has 0 spiro atoms. The van der Waals surface area contributed by atoms with Crippen LogP contribution in [-0.2, 0) is 13.5 Å². The van der Waals surface area contributed by atoms with Crippen molar-refractivity contribution >= 4 is 11.6 Å². The third kappa shape index (κ3) is 4.87. The number of aromatic nitrogens is 2. The first-order chi connectivity index (χ1) is 10.1. The van der Waals surface area contributed by atoms with Crippen LogP contribution in [0.25, 0.3) is 0 Å². The van der Waals surface area contributed by atoms with Crippen LogP contribution in [0, 0.1) is 0 Å². The van der Waals surface area contributed by atoms with Crippen LogP contribution in [0.5, 0.6) is 0 Å². The van der Waals surface area contributed by atoms with Crippen LogP contribution in [-0.4, -0.2) is 22.1 Å². The van der Waals surface area contributed by atoms with Gasteiger partial charge < -0.3 is 9.88 Å². The maximum atomic E-state index is 6.14. The van der Waals surface area contributed by atoms with Gasteiger partial charge in [-0.1, -0.05) is 37.6 Å². The Morgan fingerprint density at radius 1 is 1.33 bits per heavy atom. The molecule has 1 aromatic heterocycles. The summed E-state index contributed by atoms with van der Waals surface area (Å²) in [5.74, 6) is 1.58. The highest BCUT2D eigenvalue weighted by atomic mass is 35.5. The molecule has 0 bridgehead atoms. The molecule has 1 heterocycles. The summed E-state index contributed by atoms with van der Waals surface area (Å²) in [6, 6.07) is 8.68. The highest BCUT2D eigenvalue weighted by Gasteiger charge is 2.14. The molecule has 2 aromatic rings. The molecule has 4 heteroatoms. The molecule has 1 N–H and O–H groups in total. The second-order valence-corrected chi connectivity index (χ2v) is 6.24. The summed E-state index contributed by atoms with van der Waals surface area (Å²) in [5.41, 5.74) is 1.30. The van der Waals surface area contributed by atoms with Gasteiger partial charge in [-0.3, -0.25) is 0 Å². The maximum Gasteiger partial charge on any atom is 0.108 e. The van der Waals surface area contributed by atoms with Crippen molar-refractivity contribution in [2.24, 2.45) is 7.05 Å². The molecule has 21 heavy (non-hydrogen) atoms. The van der Waals surface area contributed by atoms with E-state index in [9.17, 15) is 0 Å². The lowest BCUT2D eigenvalue weighted by atomic mass is 9.93. The molecule has 0 amide bonds. The fourth-order valence-corrected chi connectivity index (χ4v) is 2.66. The minimum Gasteiger partial charge on any atom is -0.338 e. The Balaban J connectivity index is 2.06. The third-order valence-corrected chi connectivity index (χ3v) is 3.97. The summed E-state index contributed by atoms with van der Waals surface area (Å²) in [4.78, 5) is 4.41. The minimum atomic E-state index is 0.447. The number of nitrogens with one attached hydrogen (secondary N) is 1. The van der Waals surface area contributed by atoms with E-state index >= 15 is 0 Å². The Hall–Kier alpha value is -1.32. The van der Waals surface area contributed by atoms with Gasteiger partial charge in [0.2, 0.25) is 0 Å². The van der Waals surface area contributed by atoms with E-state index in [2.05, 4.69) is 40.8 Å². The normalized spacial score (nSPS) is 12.8. The molecular weight excluding hydrogens is 282 g/mol. The first-order valence-electron chi connectivity index (χ1n) is 7.51. The molecule has 0 aliphatic carbocycles. The molecule has 1 unspecified atom stereocenters. The Morgan fingerprint density at radius 3 is 2.76 bits per heavy atom. The molecule has 0 aliphatic heterocycles. The fraction of sp³-hybridized carbons (Fsp3) is 0.471. The van der Waals surface area contributed by atoms with Crippen LogP contribution < -0.4 is 5.32 Å². The predicted molar refractivity (Wildman–Crippen MR) is 88.9 cm³/mol. The number of rotatable bonds is 7. The average Bonchev–Trinajstić information content (AvgIpc) is 2.84. The SMILES string of the molecule is CC(C)NCC(CCc1nccn1C)c1cccc(Cl)c1. The highest BCUT2D eigenvalue weighted by molar-refractivity contribution is 6.30. The molecule has 0 saturated carbocycles. The largest absolute Gasteiger partial charge is 0.338 e. The summed E-state index contributed by atoms with van der Waals surface area (Å²) in [5, 5.41) is 4.34. The monoisotopic (exact) mass is 305 g/mol. The lowest BCUT2D eigenvalue weighted by Crippen LogP contribution is -2.28. The van der Waals surface area contributed by atoms with Crippen LogP contribution in [0.15, 0.2) is 36.7 Å². The molecular formula is C17H24ClN3. The number of hydrogen-bond acceptors (Lipinski definition) is 2. The van der Waals surface area contributed by atoms with Crippen molar-refractivity contribution in [2.45, 2.75) is 38.6 Å². The van der Waals surface area contributed by atoms with Gasteiger partial charge >= 0.3 is 0 Å². The van der Waals surface area contributed by atoms with Gasteiger partial charge in [0.15, 0.2) is 0 Å². The molecule has 1 aromatic carbocycles. The molecule has 0 fully saturated rings. The van der Waals surface area contributed by atoms with Crippen molar-refractivity contribution in [2.75, 3.05) is 6.54 Å². The van der Waals surface area contributed by atoms with Gasteiger partial charge in [-0.25, -0.2) is 4.98 Å². The number of benzene rings is 1. The number of imidazole rings is 1. The Bertz CT molecular complexity index is 563. The smallest absolute Gasteiger partial charge is 0.108 e. The van der Waals surface area contributed by atoms with Crippen molar-refractivity contribution in [1.82, 2.24) is 14.9 Å². The number of nitrogens with zero attached hydrogens (tertiary/aromatic N) is 2. The van der Waals surface area contributed by atoms with Crippen LogP contribution in [0.2, 0.25) is 5.02 Å². The molecule has 2 rings (SSSR count). The summed E-state index contributed by atoms with van der Waals surface area (Å²) in [6.07, 6.45) is 5.89. The van der Waals surface area contributed by atoms with Crippen molar-refractivity contribution in [3.8, 4) is 0 Å². The van der Waals surface area contributed by atoms with Gasteiger partial charge in [0.05, 0.1) is 0 Å². The second kappa shape index (κ2) is 7.62. The summed E-state index contributed by atoms with van der Waals surface area (Å²) >= 11 is 6.14. The Morgan fingerprint density at radius 2 is 2.14 bits per heavy atom. The first-order valence-corrected chi connectivity index (χ1v) is 7.89. The van der Waals surface area contributed by atoms with Gasteiger partial charge in [0.1, 0.15) is 5.82 Å². The van der Waals surface area contributed by atoms with E-state index < -0.39 is 0 Å². The van der Waals surface area contributed by atoms with Gasteiger partial charge in [0, 0.05) is 43.5 Å². The molecule has 3 nitrogen and oxygen atoms in total. The van der Waals surface area contributed by atoms with Gasteiger partial charge in [0.25, 0.3) is 0 Å². The lowest BCUT2D eigenvalue weighted by Gasteiger charge is -2.20. The molecule has 0 aliphatic rings. The molecule has 1 atom stereocenters. The van der Waals surface area contributed by atoms with Gasteiger partial charge in [-0.05, 0) is 30.0 Å². The van der Waals surface area contributed by atoms with Crippen LogP contribution in [0.3, 0.4) is 0 Å². The minimum absolute atomic E-state index is 0.447. The zero-order valence-electron chi connectivity index (χ0n) is 13.0. The topological polar surface area (TPSA) is 29.9 Å². The van der Waals surface area contributed by atoms with E-state index in [0.29, 0.717) is 12.0 Å². The van der Waals surface area contributed by atoms with E-state index in [0.717, 1.165) is 30.2 Å². The number of aryl methyl sites for hydroxylation is 2. The second-order valence-electron chi connectivity index (χ2n) is 5.81. The van der Waals surface area contributed by atoms with Crippen LogP contribution >= 0.6 is 11.6 Å². The average molecular weight is 306 g/mol. The molecule has 114 valence electrons. The van der Waals surface area contributed by atoms with E-state index in [1.807, 2.05) is 31.6 Å². The fourth-order valence-electron chi connectivity index (χ4n) is 2.47. The standard InChI is InChI=1S/C17H24ClN3/c1-13(2)20-12-15(14-5-4-6-16(18)11-14)7-8-17-19-9-10-21(17)3/h4-6,9-11,13,15,20H,7-8,12H2,1-3H3. The van der Waals surface area contributed by atoms with Gasteiger partial charge in [-0.2, -0.15) is 0 Å². The van der Waals surface area contributed by atoms with Gasteiger partial charge in [-0.15, -0.1) is 0 Å². The van der Waals surface area contributed by atoms with E-state index in [1.54, 1.807) is 0 Å². The Kier molecular flexibility index (Phi) is 5.83. The summed E-state index contributed by atoms with van der Waals surface area (Å²) < 4.78 is 2.09. The summed E-state index contributed by atoms with van der Waals surface area (Å²) in [6.45, 7) is 5.31. The highest BCUT2D eigenvalue weighted by Crippen LogP contribution is 2.23. The third-order valence-electron chi connectivity index (χ3n) is 3.73. The van der Waals surface area contributed by atoms with Crippen molar-refractivity contribution in [1.29, 1.82) is 0 Å². The summed E-state index contributed by atoms with van der Waals surface area (Å²) in [7, 11) is 2.04. The van der Waals surface area contributed by atoms with Crippen LogP contribution in [0.1, 0.15) is 37.6 Å². The predicted octanol–water partition coefficient (Wildman–Crippen LogP) is 3.79. The van der Waals surface area contributed by atoms with Crippen LogP contribution in [0.4, 0.5) is 0 Å². The molecule has 0 radical (unpaired) electrons.